The van der Waals surface area contributed by atoms with Crippen LogP contribution < -0.4 is 9.47 Å². The first-order valence-electron chi connectivity index (χ1n) is 7.98. The molecule has 1 aromatic heterocycles. The van der Waals surface area contributed by atoms with E-state index in [-0.39, 0.29) is 23.1 Å². The lowest BCUT2D eigenvalue weighted by Gasteiger charge is -2.08. The number of aliphatic hydroxyl groups excluding tert-OH is 1. The number of aliphatic hydroxyl groups is 1. The molecule has 0 saturated carbocycles. The highest BCUT2D eigenvalue weighted by Gasteiger charge is 2.17. The van der Waals surface area contributed by atoms with Gasteiger partial charge in [0.05, 0.1) is 26.5 Å². The summed E-state index contributed by atoms with van der Waals surface area (Å²) in [6.45, 7) is 1.82. The molecular formula is C19H19ClN2O5. The summed E-state index contributed by atoms with van der Waals surface area (Å²) in [4.78, 5) is 20.4. The third-order valence-electron chi connectivity index (χ3n) is 3.46. The van der Waals surface area contributed by atoms with Crippen LogP contribution in [-0.4, -0.2) is 43.1 Å². The van der Waals surface area contributed by atoms with Gasteiger partial charge in [-0.15, -0.1) is 0 Å². The number of nitrogens with zero attached hydrogens (tertiary/aromatic N) is 2. The average molecular weight is 391 g/mol. The second kappa shape index (κ2) is 9.59. The smallest absolute Gasteiger partial charge is 0.343 e. The zero-order chi connectivity index (χ0) is 19.8. The van der Waals surface area contributed by atoms with Crippen LogP contribution in [0.5, 0.6) is 11.5 Å². The molecule has 0 aliphatic rings. The lowest BCUT2D eigenvalue weighted by molar-refractivity contribution is -0.137. The Labute approximate surface area is 161 Å². The highest BCUT2D eigenvalue weighted by molar-refractivity contribution is 6.29. The highest BCUT2D eigenvalue weighted by atomic mass is 35.5. The molecule has 0 aliphatic heterocycles. The Balaban J connectivity index is 2.43. The molecule has 0 aliphatic carbocycles. The van der Waals surface area contributed by atoms with Crippen molar-refractivity contribution in [2.24, 2.45) is 4.99 Å². The van der Waals surface area contributed by atoms with E-state index in [1.54, 1.807) is 25.1 Å². The largest absolute Gasteiger partial charge is 0.506 e. The van der Waals surface area contributed by atoms with Crippen molar-refractivity contribution >= 4 is 35.2 Å². The molecular weight excluding hydrogens is 372 g/mol. The van der Waals surface area contributed by atoms with Gasteiger partial charge in [0, 0.05) is 24.0 Å². The molecule has 0 amide bonds. The quantitative estimate of drug-likeness (QED) is 0.253. The first-order chi connectivity index (χ1) is 13.0. The monoisotopic (exact) mass is 390 g/mol. The van der Waals surface area contributed by atoms with Gasteiger partial charge in [-0.05, 0) is 31.2 Å². The van der Waals surface area contributed by atoms with E-state index in [0.717, 1.165) is 0 Å². The van der Waals surface area contributed by atoms with E-state index < -0.39 is 5.97 Å². The van der Waals surface area contributed by atoms with Crippen molar-refractivity contribution in [3.8, 4) is 11.5 Å². The highest BCUT2D eigenvalue weighted by Crippen LogP contribution is 2.31. The molecule has 0 spiro atoms. The van der Waals surface area contributed by atoms with E-state index >= 15 is 0 Å². The van der Waals surface area contributed by atoms with Crippen molar-refractivity contribution in [2.45, 2.75) is 6.92 Å². The van der Waals surface area contributed by atoms with Gasteiger partial charge in [0.1, 0.15) is 16.5 Å². The van der Waals surface area contributed by atoms with Crippen molar-refractivity contribution in [1.29, 1.82) is 0 Å². The van der Waals surface area contributed by atoms with Gasteiger partial charge in [-0.3, -0.25) is 4.99 Å². The molecule has 1 heterocycles. The van der Waals surface area contributed by atoms with Gasteiger partial charge in [-0.25, -0.2) is 9.78 Å². The maximum atomic E-state index is 12.2. The van der Waals surface area contributed by atoms with Crippen LogP contribution in [0.25, 0.3) is 5.76 Å². The van der Waals surface area contributed by atoms with Crippen molar-refractivity contribution in [3.63, 3.8) is 0 Å². The van der Waals surface area contributed by atoms with E-state index in [1.807, 2.05) is 0 Å². The fourth-order valence-corrected chi connectivity index (χ4v) is 2.25. The molecule has 0 bridgehead atoms. The number of ether oxygens (including phenoxy) is 3. The molecule has 142 valence electrons. The molecule has 2 aromatic rings. The van der Waals surface area contributed by atoms with Crippen LogP contribution >= 0.6 is 11.6 Å². The van der Waals surface area contributed by atoms with Gasteiger partial charge >= 0.3 is 5.97 Å². The average Bonchev–Trinajstić information content (AvgIpc) is 2.68. The Hall–Kier alpha value is -3.06. The molecule has 0 unspecified atom stereocenters. The minimum Gasteiger partial charge on any atom is -0.506 e. The summed E-state index contributed by atoms with van der Waals surface area (Å²) in [5.74, 6) is 0.00338. The first kappa shape index (κ1) is 20.3. The van der Waals surface area contributed by atoms with E-state index in [9.17, 15) is 9.90 Å². The lowest BCUT2D eigenvalue weighted by atomic mass is 10.1. The predicted octanol–water partition coefficient (Wildman–Crippen LogP) is 3.99. The molecule has 0 radical (unpaired) electrons. The van der Waals surface area contributed by atoms with E-state index in [1.165, 1.54) is 38.8 Å². The summed E-state index contributed by atoms with van der Waals surface area (Å²) >= 11 is 5.75. The number of hydrogen-bond donors (Lipinski definition) is 1. The Morgan fingerprint density at radius 1 is 1.22 bits per heavy atom. The number of methoxy groups -OCH3 is 2. The minimum atomic E-state index is -0.714. The number of esters is 1. The second-order valence-corrected chi connectivity index (χ2v) is 5.54. The summed E-state index contributed by atoms with van der Waals surface area (Å²) in [6.07, 6.45) is 2.57. The van der Waals surface area contributed by atoms with Crippen LogP contribution in [0.4, 0.5) is 5.69 Å². The molecule has 1 aromatic carbocycles. The Morgan fingerprint density at radius 2 is 1.96 bits per heavy atom. The van der Waals surface area contributed by atoms with Crippen LogP contribution in [0.1, 0.15) is 12.5 Å². The van der Waals surface area contributed by atoms with Gasteiger partial charge in [0.15, 0.2) is 11.5 Å². The van der Waals surface area contributed by atoms with E-state index in [4.69, 9.17) is 25.8 Å². The third-order valence-corrected chi connectivity index (χ3v) is 3.68. The molecule has 8 heteroatoms. The number of hydrogen-bond acceptors (Lipinski definition) is 7. The number of carbonyl (C=O) groups excluding carboxylic acids is 1. The van der Waals surface area contributed by atoms with Gasteiger partial charge in [-0.2, -0.15) is 0 Å². The van der Waals surface area contributed by atoms with Crippen molar-refractivity contribution < 1.29 is 24.1 Å². The molecule has 7 nitrogen and oxygen atoms in total. The maximum absolute atomic E-state index is 12.2. The SMILES string of the molecule is CCOC(=O)C(C=Nc1ccc(OC)c(OC)c1)=C(O)c1ccc(Cl)nc1. The van der Waals surface area contributed by atoms with Gasteiger partial charge in [0.25, 0.3) is 0 Å². The normalized spacial score (nSPS) is 11.9. The van der Waals surface area contributed by atoms with Gasteiger partial charge < -0.3 is 19.3 Å². The number of benzene rings is 1. The summed E-state index contributed by atoms with van der Waals surface area (Å²) in [6, 6.07) is 8.04. The van der Waals surface area contributed by atoms with Crippen LogP contribution in [0.2, 0.25) is 5.15 Å². The number of aromatic nitrogens is 1. The Bertz CT molecular complexity index is 863. The van der Waals surface area contributed by atoms with Crippen molar-refractivity contribution in [2.75, 3.05) is 20.8 Å². The van der Waals surface area contributed by atoms with Gasteiger partial charge in [0.2, 0.25) is 0 Å². The zero-order valence-corrected chi connectivity index (χ0v) is 15.9. The lowest BCUT2D eigenvalue weighted by Crippen LogP contribution is -2.11. The summed E-state index contributed by atoms with van der Waals surface area (Å²) in [5.41, 5.74) is 0.688. The van der Waals surface area contributed by atoms with E-state index in [2.05, 4.69) is 9.98 Å². The number of rotatable bonds is 7. The van der Waals surface area contributed by atoms with Gasteiger partial charge in [-0.1, -0.05) is 11.6 Å². The molecule has 0 atom stereocenters. The standard InChI is InChI=1S/C19H19ClN2O5/c1-4-27-19(24)14(18(23)12-5-8-17(20)22-10-12)11-21-13-6-7-15(25-2)16(9-13)26-3/h5-11,23H,4H2,1-3H3. The topological polar surface area (TPSA) is 90.2 Å². The number of aliphatic imine (C=N–C) groups is 1. The summed E-state index contributed by atoms with van der Waals surface area (Å²) in [5, 5.41) is 10.8. The number of pyridine rings is 1. The van der Waals surface area contributed by atoms with Crippen molar-refractivity contribution in [3.05, 3.63) is 52.8 Å². The van der Waals surface area contributed by atoms with Crippen molar-refractivity contribution in [1.82, 2.24) is 4.98 Å². The fraction of sp³-hybridized carbons (Fsp3) is 0.211. The Morgan fingerprint density at radius 3 is 2.56 bits per heavy atom. The molecule has 2 rings (SSSR count). The number of halogens is 1. The molecule has 0 saturated heterocycles. The maximum Gasteiger partial charge on any atom is 0.343 e. The predicted molar refractivity (Wildman–Crippen MR) is 103 cm³/mol. The van der Waals surface area contributed by atoms with Crippen LogP contribution in [-0.2, 0) is 9.53 Å². The molecule has 1 N–H and O–H groups in total. The van der Waals surface area contributed by atoms with Crippen LogP contribution in [0.3, 0.4) is 0 Å². The number of carbonyl (C=O) groups is 1. The molecule has 0 fully saturated rings. The second-order valence-electron chi connectivity index (χ2n) is 5.15. The van der Waals surface area contributed by atoms with Crippen LogP contribution in [0, 0.1) is 0 Å². The fourth-order valence-electron chi connectivity index (χ4n) is 2.14. The minimum absolute atomic E-state index is 0.115. The zero-order valence-electron chi connectivity index (χ0n) is 15.1. The third kappa shape index (κ3) is 5.21. The summed E-state index contributed by atoms with van der Waals surface area (Å²) in [7, 11) is 3.04. The Kier molecular flexibility index (Phi) is 7.19. The molecule has 27 heavy (non-hydrogen) atoms. The van der Waals surface area contributed by atoms with Crippen LogP contribution in [0.15, 0.2) is 47.1 Å². The van der Waals surface area contributed by atoms with E-state index in [0.29, 0.717) is 22.7 Å². The first-order valence-corrected chi connectivity index (χ1v) is 8.36. The summed E-state index contributed by atoms with van der Waals surface area (Å²) < 4.78 is 15.4.